The highest BCUT2D eigenvalue weighted by Crippen LogP contribution is 2.24. The van der Waals surface area contributed by atoms with E-state index in [1.54, 1.807) is 36.8 Å². The van der Waals surface area contributed by atoms with E-state index in [9.17, 15) is 14.7 Å². The number of hydrogen-bond acceptors (Lipinski definition) is 3. The van der Waals surface area contributed by atoms with Gasteiger partial charge in [0.25, 0.3) is 0 Å². The van der Waals surface area contributed by atoms with E-state index in [-0.39, 0.29) is 18.5 Å². The molecule has 2 atom stereocenters. The van der Waals surface area contributed by atoms with Crippen molar-refractivity contribution in [2.45, 2.75) is 31.7 Å². The van der Waals surface area contributed by atoms with Crippen molar-refractivity contribution in [3.05, 3.63) is 53.1 Å². The molecule has 1 aromatic heterocycles. The van der Waals surface area contributed by atoms with Crippen molar-refractivity contribution in [3.8, 4) is 0 Å². The molecule has 132 valence electrons. The van der Waals surface area contributed by atoms with E-state index in [0.717, 1.165) is 30.5 Å². The fourth-order valence-electron chi connectivity index (χ4n) is 3.17. The van der Waals surface area contributed by atoms with Crippen LogP contribution in [0.3, 0.4) is 0 Å². The predicted molar refractivity (Wildman–Crippen MR) is 93.5 cm³/mol. The van der Waals surface area contributed by atoms with Gasteiger partial charge in [-0.25, -0.2) is 4.98 Å². The molecular formula is C18H20ClN3O3. The molecule has 0 saturated carbocycles. The third kappa shape index (κ3) is 4.20. The number of nitrogens with zero attached hydrogens (tertiary/aromatic N) is 2. The Kier molecular flexibility index (Phi) is 5.38. The Morgan fingerprint density at radius 1 is 1.36 bits per heavy atom. The Morgan fingerprint density at radius 3 is 2.84 bits per heavy atom. The minimum absolute atomic E-state index is 0.0946. The van der Waals surface area contributed by atoms with Crippen LogP contribution >= 0.6 is 11.6 Å². The van der Waals surface area contributed by atoms with Crippen LogP contribution in [0.15, 0.2) is 36.8 Å². The van der Waals surface area contributed by atoms with Crippen LogP contribution in [0.5, 0.6) is 0 Å². The van der Waals surface area contributed by atoms with Crippen LogP contribution in [0.25, 0.3) is 0 Å². The zero-order valence-electron chi connectivity index (χ0n) is 13.7. The highest BCUT2D eigenvalue weighted by atomic mass is 35.5. The molecule has 2 unspecified atom stereocenters. The number of imidazole rings is 1. The van der Waals surface area contributed by atoms with E-state index >= 15 is 0 Å². The maximum Gasteiger partial charge on any atom is 0.308 e. The number of rotatable bonds is 6. The first kappa shape index (κ1) is 17.5. The average Bonchev–Trinajstić information content (AvgIpc) is 3.08. The number of halogens is 1. The minimum atomic E-state index is -0.929. The number of nitrogens with one attached hydrogen (secondary N) is 1. The number of aromatic nitrogens is 2. The lowest BCUT2D eigenvalue weighted by atomic mass is 9.98. The van der Waals surface area contributed by atoms with Gasteiger partial charge in [0.2, 0.25) is 5.91 Å². The summed E-state index contributed by atoms with van der Waals surface area (Å²) >= 11 is 5.85. The first-order valence-electron chi connectivity index (χ1n) is 8.30. The van der Waals surface area contributed by atoms with Crippen LogP contribution in [0, 0.1) is 5.92 Å². The van der Waals surface area contributed by atoms with Gasteiger partial charge in [-0.05, 0) is 43.4 Å². The van der Waals surface area contributed by atoms with Crippen LogP contribution in [-0.4, -0.2) is 33.1 Å². The fraction of sp³-hybridized carbons (Fsp3) is 0.389. The van der Waals surface area contributed by atoms with E-state index < -0.39 is 11.9 Å². The second kappa shape index (κ2) is 7.70. The van der Waals surface area contributed by atoms with Gasteiger partial charge in [0.1, 0.15) is 6.04 Å². The van der Waals surface area contributed by atoms with E-state index in [1.807, 2.05) is 4.57 Å². The number of benzene rings is 1. The summed E-state index contributed by atoms with van der Waals surface area (Å²) in [6.45, 7) is 0.0946. The second-order valence-electron chi connectivity index (χ2n) is 6.31. The molecule has 2 heterocycles. The van der Waals surface area contributed by atoms with Gasteiger partial charge in [-0.1, -0.05) is 23.7 Å². The van der Waals surface area contributed by atoms with Crippen LogP contribution < -0.4 is 5.32 Å². The maximum absolute atomic E-state index is 12.5. The molecule has 25 heavy (non-hydrogen) atoms. The van der Waals surface area contributed by atoms with Gasteiger partial charge in [-0.3, -0.25) is 9.59 Å². The van der Waals surface area contributed by atoms with Gasteiger partial charge in [0, 0.05) is 23.5 Å². The normalized spacial score (nSPS) is 17.6. The third-order valence-electron chi connectivity index (χ3n) is 4.56. The molecular weight excluding hydrogens is 342 g/mol. The molecule has 1 amide bonds. The molecule has 7 heteroatoms. The highest BCUT2D eigenvalue weighted by Gasteiger charge is 2.27. The van der Waals surface area contributed by atoms with Crippen molar-refractivity contribution in [2.75, 3.05) is 6.54 Å². The summed E-state index contributed by atoms with van der Waals surface area (Å²) in [5, 5.41) is 12.9. The predicted octanol–water partition coefficient (Wildman–Crippen LogP) is 2.47. The number of aliphatic carboxylic acids is 1. The number of hydrogen-bond donors (Lipinski definition) is 2. The van der Waals surface area contributed by atoms with E-state index in [4.69, 9.17) is 11.6 Å². The molecule has 0 bridgehead atoms. The van der Waals surface area contributed by atoms with E-state index in [0.29, 0.717) is 11.4 Å². The number of carbonyl (C=O) groups excluding carboxylic acids is 1. The molecule has 3 rings (SSSR count). The number of carboxylic acid groups (broad SMARTS) is 1. The SMILES string of the molecule is O=C(O)C(CNC(=O)C1CCCc2cncn21)Cc1ccc(Cl)cc1. The van der Waals surface area contributed by atoms with Crippen LogP contribution in [-0.2, 0) is 22.4 Å². The summed E-state index contributed by atoms with van der Waals surface area (Å²) in [6, 6.07) is 6.77. The molecule has 0 saturated heterocycles. The van der Waals surface area contributed by atoms with Gasteiger partial charge < -0.3 is 15.0 Å². The van der Waals surface area contributed by atoms with Crippen LogP contribution in [0.1, 0.15) is 30.1 Å². The van der Waals surface area contributed by atoms with Crippen molar-refractivity contribution >= 4 is 23.5 Å². The zero-order valence-corrected chi connectivity index (χ0v) is 14.4. The minimum Gasteiger partial charge on any atom is -0.481 e. The Labute approximate surface area is 150 Å². The maximum atomic E-state index is 12.5. The summed E-state index contributed by atoms with van der Waals surface area (Å²) < 4.78 is 1.88. The standard InChI is InChI=1S/C18H20ClN3O3/c19-14-6-4-12(5-7-14)8-13(18(24)25)9-21-17(23)16-3-1-2-15-10-20-11-22(15)16/h4-7,10-11,13,16H,1-3,8-9H2,(H,21,23)(H,24,25). The molecule has 1 aromatic carbocycles. The number of amides is 1. The lowest BCUT2D eigenvalue weighted by Crippen LogP contribution is -2.39. The van der Waals surface area contributed by atoms with Crippen LogP contribution in [0.2, 0.25) is 5.02 Å². The summed E-state index contributed by atoms with van der Waals surface area (Å²) in [4.78, 5) is 28.1. The third-order valence-corrected chi connectivity index (χ3v) is 4.81. The first-order valence-corrected chi connectivity index (χ1v) is 8.68. The fourth-order valence-corrected chi connectivity index (χ4v) is 3.30. The zero-order chi connectivity index (χ0) is 17.8. The quantitative estimate of drug-likeness (QED) is 0.827. The summed E-state index contributed by atoms with van der Waals surface area (Å²) in [6.07, 6.45) is 6.37. The molecule has 2 aromatic rings. The number of fused-ring (bicyclic) bond motifs is 1. The average molecular weight is 362 g/mol. The molecule has 0 radical (unpaired) electrons. The van der Waals surface area contributed by atoms with Gasteiger partial charge >= 0.3 is 5.97 Å². The topological polar surface area (TPSA) is 84.2 Å². The molecule has 1 aliphatic heterocycles. The van der Waals surface area contributed by atoms with Crippen molar-refractivity contribution < 1.29 is 14.7 Å². The molecule has 6 nitrogen and oxygen atoms in total. The molecule has 0 spiro atoms. The highest BCUT2D eigenvalue weighted by molar-refractivity contribution is 6.30. The Balaban J connectivity index is 1.61. The monoisotopic (exact) mass is 361 g/mol. The Morgan fingerprint density at radius 2 is 2.12 bits per heavy atom. The first-order chi connectivity index (χ1) is 12.0. The largest absolute Gasteiger partial charge is 0.481 e. The summed E-state index contributed by atoms with van der Waals surface area (Å²) in [5.41, 5.74) is 1.92. The lowest BCUT2D eigenvalue weighted by molar-refractivity contribution is -0.141. The van der Waals surface area contributed by atoms with Crippen LogP contribution in [0.4, 0.5) is 0 Å². The van der Waals surface area contributed by atoms with Gasteiger partial charge in [-0.15, -0.1) is 0 Å². The number of aryl methyl sites for hydroxylation is 1. The van der Waals surface area contributed by atoms with E-state index in [1.165, 1.54) is 0 Å². The van der Waals surface area contributed by atoms with Gasteiger partial charge in [-0.2, -0.15) is 0 Å². The van der Waals surface area contributed by atoms with Gasteiger partial charge in [0.05, 0.1) is 12.2 Å². The number of carbonyl (C=O) groups is 2. The van der Waals surface area contributed by atoms with Gasteiger partial charge in [0.15, 0.2) is 0 Å². The smallest absolute Gasteiger partial charge is 0.308 e. The van der Waals surface area contributed by atoms with Crippen molar-refractivity contribution in [2.24, 2.45) is 5.92 Å². The number of carboxylic acids is 1. The molecule has 0 fully saturated rings. The summed E-state index contributed by atoms with van der Waals surface area (Å²) in [7, 11) is 0. The van der Waals surface area contributed by atoms with Crippen molar-refractivity contribution in [3.63, 3.8) is 0 Å². The van der Waals surface area contributed by atoms with E-state index in [2.05, 4.69) is 10.3 Å². The van der Waals surface area contributed by atoms with Crippen molar-refractivity contribution in [1.29, 1.82) is 0 Å². The van der Waals surface area contributed by atoms with Crippen molar-refractivity contribution in [1.82, 2.24) is 14.9 Å². The Bertz CT molecular complexity index is 757. The molecule has 2 N–H and O–H groups in total. The molecule has 1 aliphatic rings. The molecule has 0 aliphatic carbocycles. The lowest BCUT2D eigenvalue weighted by Gasteiger charge is -2.25. The summed E-state index contributed by atoms with van der Waals surface area (Å²) in [5.74, 6) is -1.76. The second-order valence-corrected chi connectivity index (χ2v) is 6.75. The Hall–Kier alpha value is -2.34.